The Hall–Kier alpha value is -1.32. The van der Waals surface area contributed by atoms with Gasteiger partial charge in [0.15, 0.2) is 0 Å². The number of benzene rings is 1. The fourth-order valence-corrected chi connectivity index (χ4v) is 1.66. The first kappa shape index (κ1) is 9.24. The van der Waals surface area contributed by atoms with Gasteiger partial charge in [-0.05, 0) is 12.5 Å². The van der Waals surface area contributed by atoms with Crippen molar-refractivity contribution in [2.45, 2.75) is 13.0 Å². The van der Waals surface area contributed by atoms with E-state index in [2.05, 4.69) is 0 Å². The quantitative estimate of drug-likeness (QED) is 0.774. The van der Waals surface area contributed by atoms with E-state index in [1.807, 2.05) is 24.3 Å². The van der Waals surface area contributed by atoms with E-state index in [1.165, 1.54) is 0 Å². The summed E-state index contributed by atoms with van der Waals surface area (Å²) in [6.45, 7) is -0.0550. The zero-order chi connectivity index (χ0) is 9.97. The molecule has 1 aromatic carbocycles. The van der Waals surface area contributed by atoms with E-state index in [9.17, 15) is 0 Å². The first-order chi connectivity index (χ1) is 6.86. The van der Waals surface area contributed by atoms with Crippen LogP contribution < -0.4 is 0 Å². The molecule has 0 fully saturated rings. The van der Waals surface area contributed by atoms with Crippen molar-refractivity contribution in [1.82, 2.24) is 0 Å². The van der Waals surface area contributed by atoms with Crippen molar-refractivity contribution in [2.75, 3.05) is 6.61 Å². The Labute approximate surface area is 81.6 Å². The second kappa shape index (κ2) is 3.82. The molecule has 0 saturated heterocycles. The van der Waals surface area contributed by atoms with Crippen molar-refractivity contribution in [3.63, 3.8) is 0 Å². The normalized spacial score (nSPS) is 11.0. The van der Waals surface area contributed by atoms with Gasteiger partial charge in [-0.15, -0.1) is 0 Å². The van der Waals surface area contributed by atoms with Crippen molar-refractivity contribution in [2.24, 2.45) is 0 Å². The van der Waals surface area contributed by atoms with E-state index in [1.54, 1.807) is 0 Å². The number of hydrogen-bond donors (Lipinski definition) is 2. The molecule has 1 aromatic heterocycles. The van der Waals surface area contributed by atoms with Crippen molar-refractivity contribution >= 4 is 11.0 Å². The maximum absolute atomic E-state index is 9.07. The summed E-state index contributed by atoms with van der Waals surface area (Å²) < 4.78 is 5.44. The Morgan fingerprint density at radius 1 is 1.14 bits per heavy atom. The van der Waals surface area contributed by atoms with Crippen molar-refractivity contribution in [1.29, 1.82) is 0 Å². The van der Waals surface area contributed by atoms with E-state index in [-0.39, 0.29) is 13.2 Å². The van der Waals surface area contributed by atoms with E-state index in [0.29, 0.717) is 12.2 Å². The standard InChI is InChI=1S/C11H12O3/c12-6-5-9-8-3-1-2-4-10(8)14-11(9)7-13/h1-4,12-13H,5-7H2. The molecule has 14 heavy (non-hydrogen) atoms. The minimum Gasteiger partial charge on any atom is -0.458 e. The number of para-hydroxylation sites is 1. The molecule has 0 unspecified atom stereocenters. The summed E-state index contributed by atoms with van der Waals surface area (Å²) in [5.74, 6) is 0.556. The molecule has 2 rings (SSSR count). The summed E-state index contributed by atoms with van der Waals surface area (Å²) >= 11 is 0. The van der Waals surface area contributed by atoms with Gasteiger partial charge >= 0.3 is 0 Å². The van der Waals surface area contributed by atoms with Crippen LogP contribution in [-0.2, 0) is 13.0 Å². The third-order valence-corrected chi connectivity index (χ3v) is 2.29. The number of aliphatic hydroxyl groups is 2. The molecule has 74 valence electrons. The van der Waals surface area contributed by atoms with E-state index >= 15 is 0 Å². The lowest BCUT2D eigenvalue weighted by Gasteiger charge is -1.96. The smallest absolute Gasteiger partial charge is 0.134 e. The highest BCUT2D eigenvalue weighted by Gasteiger charge is 2.11. The minimum absolute atomic E-state index is 0.0660. The van der Waals surface area contributed by atoms with Gasteiger partial charge in [-0.3, -0.25) is 0 Å². The van der Waals surface area contributed by atoms with Gasteiger partial charge in [0.1, 0.15) is 18.0 Å². The summed E-state index contributed by atoms with van der Waals surface area (Å²) in [4.78, 5) is 0. The lowest BCUT2D eigenvalue weighted by molar-refractivity contribution is 0.246. The molecule has 0 aliphatic carbocycles. The lowest BCUT2D eigenvalue weighted by atomic mass is 10.1. The Morgan fingerprint density at radius 2 is 1.93 bits per heavy atom. The summed E-state index contributed by atoms with van der Waals surface area (Å²) in [6, 6.07) is 7.59. The summed E-state index contributed by atoms with van der Waals surface area (Å²) in [6.07, 6.45) is 0.521. The Kier molecular flexibility index (Phi) is 2.52. The summed E-state index contributed by atoms with van der Waals surface area (Å²) in [5, 5.41) is 18.9. The maximum Gasteiger partial charge on any atom is 0.134 e. The molecular formula is C11H12O3. The SMILES string of the molecule is OCCc1c(CO)oc2ccccc12. The van der Waals surface area contributed by atoms with Gasteiger partial charge in [-0.25, -0.2) is 0 Å². The van der Waals surface area contributed by atoms with E-state index in [0.717, 1.165) is 16.5 Å². The zero-order valence-electron chi connectivity index (χ0n) is 7.73. The van der Waals surface area contributed by atoms with Crippen LogP contribution in [0.1, 0.15) is 11.3 Å². The van der Waals surface area contributed by atoms with Gasteiger partial charge in [-0.1, -0.05) is 18.2 Å². The molecule has 0 bridgehead atoms. The van der Waals surface area contributed by atoms with Crippen LogP contribution in [0.15, 0.2) is 28.7 Å². The average Bonchev–Trinajstić information content (AvgIpc) is 2.58. The number of aliphatic hydroxyl groups excluding tert-OH is 2. The Bertz CT molecular complexity index is 431. The van der Waals surface area contributed by atoms with Crippen LogP contribution in [0.2, 0.25) is 0 Å². The molecule has 2 N–H and O–H groups in total. The van der Waals surface area contributed by atoms with Crippen LogP contribution in [0.3, 0.4) is 0 Å². The Morgan fingerprint density at radius 3 is 2.64 bits per heavy atom. The van der Waals surface area contributed by atoms with Gasteiger partial charge in [0.25, 0.3) is 0 Å². The van der Waals surface area contributed by atoms with Crippen molar-refractivity contribution in [3.05, 3.63) is 35.6 Å². The van der Waals surface area contributed by atoms with Gasteiger partial charge in [0, 0.05) is 17.6 Å². The van der Waals surface area contributed by atoms with Crippen molar-refractivity contribution < 1.29 is 14.6 Å². The third kappa shape index (κ3) is 1.41. The van der Waals surface area contributed by atoms with Gasteiger partial charge in [0.2, 0.25) is 0 Å². The van der Waals surface area contributed by atoms with Gasteiger partial charge < -0.3 is 14.6 Å². The fourth-order valence-electron chi connectivity index (χ4n) is 1.66. The highest BCUT2D eigenvalue weighted by atomic mass is 16.4. The van der Waals surface area contributed by atoms with Crippen LogP contribution in [0.5, 0.6) is 0 Å². The second-order valence-corrected chi connectivity index (χ2v) is 3.13. The van der Waals surface area contributed by atoms with Crippen LogP contribution in [0, 0.1) is 0 Å². The van der Waals surface area contributed by atoms with Crippen LogP contribution in [-0.4, -0.2) is 16.8 Å². The predicted molar refractivity (Wildman–Crippen MR) is 52.9 cm³/mol. The molecule has 2 aromatic rings. The molecule has 0 saturated carbocycles. The van der Waals surface area contributed by atoms with Crippen LogP contribution in [0.4, 0.5) is 0 Å². The summed E-state index contributed by atoms with van der Waals surface area (Å²) in [7, 11) is 0. The number of rotatable bonds is 3. The molecule has 1 heterocycles. The molecule has 3 nitrogen and oxygen atoms in total. The molecule has 0 spiro atoms. The topological polar surface area (TPSA) is 53.6 Å². The van der Waals surface area contributed by atoms with Gasteiger partial charge in [0.05, 0.1) is 0 Å². The first-order valence-electron chi connectivity index (χ1n) is 4.58. The van der Waals surface area contributed by atoms with E-state index in [4.69, 9.17) is 14.6 Å². The minimum atomic E-state index is -0.121. The number of furan rings is 1. The maximum atomic E-state index is 9.07. The monoisotopic (exact) mass is 192 g/mol. The molecule has 0 atom stereocenters. The largest absolute Gasteiger partial charge is 0.458 e. The number of hydrogen-bond acceptors (Lipinski definition) is 3. The predicted octanol–water partition coefficient (Wildman–Crippen LogP) is 1.46. The van der Waals surface area contributed by atoms with Crippen LogP contribution >= 0.6 is 0 Å². The lowest BCUT2D eigenvalue weighted by Crippen LogP contribution is -1.93. The number of fused-ring (bicyclic) bond motifs is 1. The Balaban J connectivity index is 2.61. The molecule has 0 amide bonds. The highest BCUT2D eigenvalue weighted by Crippen LogP contribution is 2.25. The van der Waals surface area contributed by atoms with Gasteiger partial charge in [-0.2, -0.15) is 0 Å². The summed E-state index contributed by atoms with van der Waals surface area (Å²) in [5.41, 5.74) is 1.67. The van der Waals surface area contributed by atoms with E-state index < -0.39 is 0 Å². The molecule has 0 aliphatic heterocycles. The van der Waals surface area contributed by atoms with Crippen molar-refractivity contribution in [3.8, 4) is 0 Å². The third-order valence-electron chi connectivity index (χ3n) is 2.29. The first-order valence-corrected chi connectivity index (χ1v) is 4.58. The molecule has 0 radical (unpaired) electrons. The zero-order valence-corrected chi connectivity index (χ0v) is 7.73. The van der Waals surface area contributed by atoms with Crippen LogP contribution in [0.25, 0.3) is 11.0 Å². The average molecular weight is 192 g/mol. The molecular weight excluding hydrogens is 180 g/mol. The highest BCUT2D eigenvalue weighted by molar-refractivity contribution is 5.82. The molecule has 3 heteroatoms. The molecule has 0 aliphatic rings. The second-order valence-electron chi connectivity index (χ2n) is 3.13. The fraction of sp³-hybridized carbons (Fsp3) is 0.273.